The maximum atomic E-state index is 12.5. The molecule has 0 radical (unpaired) electrons. The standard InChI is InChI=1S/C23H28N4O2/c1-3-10-27-21-9-8-19(24-23(28)18-6-4-17(2)5-7-18)15-20(21)25-22(27)16-26-11-13-29-14-12-26/h4-9,15H,3,10-14,16H2,1-2H3,(H,24,28). The van der Waals surface area contributed by atoms with E-state index in [0.717, 1.165) is 73.9 Å². The minimum absolute atomic E-state index is 0.106. The molecule has 0 bridgehead atoms. The number of carbonyl (C=O) groups excluding carboxylic acids is 1. The second kappa shape index (κ2) is 8.76. The van der Waals surface area contributed by atoms with E-state index < -0.39 is 0 Å². The van der Waals surface area contributed by atoms with Gasteiger partial charge in [-0.3, -0.25) is 9.69 Å². The van der Waals surface area contributed by atoms with Crippen LogP contribution in [0.4, 0.5) is 5.69 Å². The van der Waals surface area contributed by atoms with Gasteiger partial charge in [-0.05, 0) is 43.7 Å². The fraction of sp³-hybridized carbons (Fsp3) is 0.391. The van der Waals surface area contributed by atoms with Crippen molar-refractivity contribution < 1.29 is 9.53 Å². The third-order valence-electron chi connectivity index (χ3n) is 5.31. The van der Waals surface area contributed by atoms with Crippen molar-refractivity contribution in [3.05, 3.63) is 59.4 Å². The molecule has 6 nitrogen and oxygen atoms in total. The number of nitrogens with one attached hydrogen (secondary N) is 1. The van der Waals surface area contributed by atoms with Gasteiger partial charge in [0.25, 0.3) is 5.91 Å². The van der Waals surface area contributed by atoms with E-state index >= 15 is 0 Å². The molecule has 1 aliphatic heterocycles. The summed E-state index contributed by atoms with van der Waals surface area (Å²) < 4.78 is 7.76. The molecule has 0 spiro atoms. The summed E-state index contributed by atoms with van der Waals surface area (Å²) in [6, 6.07) is 13.6. The van der Waals surface area contributed by atoms with Crippen LogP contribution in [0, 0.1) is 6.92 Å². The molecule has 152 valence electrons. The molecule has 1 aliphatic rings. The van der Waals surface area contributed by atoms with Crippen molar-refractivity contribution in [2.24, 2.45) is 0 Å². The molecule has 3 aromatic rings. The molecule has 1 N–H and O–H groups in total. The van der Waals surface area contributed by atoms with Gasteiger partial charge in [0.05, 0.1) is 30.8 Å². The van der Waals surface area contributed by atoms with Crippen LogP contribution in [0.1, 0.15) is 35.1 Å². The zero-order valence-electron chi connectivity index (χ0n) is 17.1. The van der Waals surface area contributed by atoms with Crippen molar-refractivity contribution in [1.82, 2.24) is 14.5 Å². The van der Waals surface area contributed by atoms with Crippen LogP contribution in [0.15, 0.2) is 42.5 Å². The number of anilines is 1. The highest BCUT2D eigenvalue weighted by Gasteiger charge is 2.17. The van der Waals surface area contributed by atoms with E-state index in [0.29, 0.717) is 5.56 Å². The van der Waals surface area contributed by atoms with Gasteiger partial charge in [-0.1, -0.05) is 24.6 Å². The minimum atomic E-state index is -0.106. The molecule has 6 heteroatoms. The van der Waals surface area contributed by atoms with E-state index in [-0.39, 0.29) is 5.91 Å². The molecule has 2 heterocycles. The predicted octanol–water partition coefficient (Wildman–Crippen LogP) is 3.84. The van der Waals surface area contributed by atoms with Crippen molar-refractivity contribution in [2.75, 3.05) is 31.6 Å². The summed E-state index contributed by atoms with van der Waals surface area (Å²) in [5.74, 6) is 0.969. The van der Waals surface area contributed by atoms with Gasteiger partial charge < -0.3 is 14.6 Å². The van der Waals surface area contributed by atoms with Crippen LogP contribution in [0.5, 0.6) is 0 Å². The number of benzene rings is 2. The minimum Gasteiger partial charge on any atom is -0.379 e. The number of aryl methyl sites for hydroxylation is 2. The number of ether oxygens (including phenoxy) is 1. The average molecular weight is 393 g/mol. The molecular weight excluding hydrogens is 364 g/mol. The van der Waals surface area contributed by atoms with E-state index in [1.807, 2.05) is 43.3 Å². The first-order chi connectivity index (χ1) is 14.1. The van der Waals surface area contributed by atoms with E-state index in [1.54, 1.807) is 0 Å². The molecule has 4 rings (SSSR count). The van der Waals surface area contributed by atoms with Gasteiger partial charge in [-0.2, -0.15) is 0 Å². The van der Waals surface area contributed by atoms with Crippen molar-refractivity contribution in [1.29, 1.82) is 0 Å². The molecule has 1 saturated heterocycles. The molecule has 1 aromatic heterocycles. The first kappa shape index (κ1) is 19.6. The Balaban J connectivity index is 1.57. The van der Waals surface area contributed by atoms with Crippen molar-refractivity contribution >= 4 is 22.6 Å². The summed E-state index contributed by atoms with van der Waals surface area (Å²) in [4.78, 5) is 19.8. The number of rotatable bonds is 6. The summed E-state index contributed by atoms with van der Waals surface area (Å²) in [6.45, 7) is 9.39. The van der Waals surface area contributed by atoms with Crippen LogP contribution in [-0.4, -0.2) is 46.7 Å². The zero-order chi connectivity index (χ0) is 20.2. The van der Waals surface area contributed by atoms with Gasteiger partial charge in [0, 0.05) is 30.9 Å². The zero-order valence-corrected chi connectivity index (χ0v) is 17.1. The Bertz CT molecular complexity index is 988. The number of hydrogen-bond acceptors (Lipinski definition) is 4. The summed E-state index contributed by atoms with van der Waals surface area (Å²) in [7, 11) is 0. The van der Waals surface area contributed by atoms with Crippen molar-refractivity contribution in [3.8, 4) is 0 Å². The Morgan fingerprint density at radius 2 is 1.90 bits per heavy atom. The number of fused-ring (bicyclic) bond motifs is 1. The van der Waals surface area contributed by atoms with Gasteiger partial charge in [0.1, 0.15) is 5.82 Å². The smallest absolute Gasteiger partial charge is 0.255 e. The van der Waals surface area contributed by atoms with Gasteiger partial charge in [-0.15, -0.1) is 0 Å². The molecule has 29 heavy (non-hydrogen) atoms. The lowest BCUT2D eigenvalue weighted by Crippen LogP contribution is -2.36. The third-order valence-corrected chi connectivity index (χ3v) is 5.31. The number of amides is 1. The van der Waals surface area contributed by atoms with Gasteiger partial charge in [-0.25, -0.2) is 4.98 Å². The Morgan fingerprint density at radius 3 is 2.62 bits per heavy atom. The second-order valence-corrected chi connectivity index (χ2v) is 7.59. The fourth-order valence-electron chi connectivity index (χ4n) is 3.72. The largest absolute Gasteiger partial charge is 0.379 e. The third kappa shape index (κ3) is 4.49. The highest BCUT2D eigenvalue weighted by molar-refractivity contribution is 6.05. The van der Waals surface area contributed by atoms with Crippen LogP contribution in [-0.2, 0) is 17.8 Å². The van der Waals surface area contributed by atoms with Crippen molar-refractivity contribution in [2.45, 2.75) is 33.4 Å². The van der Waals surface area contributed by atoms with Gasteiger partial charge >= 0.3 is 0 Å². The molecule has 0 unspecified atom stereocenters. The topological polar surface area (TPSA) is 59.4 Å². The highest BCUT2D eigenvalue weighted by Crippen LogP contribution is 2.23. The molecule has 1 amide bonds. The highest BCUT2D eigenvalue weighted by atomic mass is 16.5. The summed E-state index contributed by atoms with van der Waals surface area (Å²) in [5, 5.41) is 3.00. The number of carbonyl (C=O) groups is 1. The van der Waals surface area contributed by atoms with E-state index in [1.165, 1.54) is 0 Å². The summed E-state index contributed by atoms with van der Waals surface area (Å²) in [6.07, 6.45) is 1.05. The van der Waals surface area contributed by atoms with Crippen LogP contribution >= 0.6 is 0 Å². The van der Waals surface area contributed by atoms with Crippen LogP contribution in [0.2, 0.25) is 0 Å². The van der Waals surface area contributed by atoms with Crippen LogP contribution in [0.25, 0.3) is 11.0 Å². The summed E-state index contributed by atoms with van der Waals surface area (Å²) in [5.41, 5.74) is 4.59. The predicted molar refractivity (Wildman–Crippen MR) is 115 cm³/mol. The van der Waals surface area contributed by atoms with Crippen LogP contribution in [0.3, 0.4) is 0 Å². The van der Waals surface area contributed by atoms with Gasteiger partial charge in [0.15, 0.2) is 0 Å². The summed E-state index contributed by atoms with van der Waals surface area (Å²) >= 11 is 0. The molecular formula is C23H28N4O2. The Morgan fingerprint density at radius 1 is 1.14 bits per heavy atom. The molecule has 2 aromatic carbocycles. The fourth-order valence-corrected chi connectivity index (χ4v) is 3.72. The van der Waals surface area contributed by atoms with Gasteiger partial charge in [0.2, 0.25) is 0 Å². The SMILES string of the molecule is CCCn1c(CN2CCOCC2)nc2cc(NC(=O)c3ccc(C)cc3)ccc21. The lowest BCUT2D eigenvalue weighted by atomic mass is 10.1. The molecule has 0 aliphatic carbocycles. The van der Waals surface area contributed by atoms with Crippen molar-refractivity contribution in [3.63, 3.8) is 0 Å². The average Bonchev–Trinajstić information content (AvgIpc) is 3.06. The number of aromatic nitrogens is 2. The monoisotopic (exact) mass is 392 g/mol. The number of imidazole rings is 1. The van der Waals surface area contributed by atoms with E-state index in [2.05, 4.69) is 27.8 Å². The normalized spacial score (nSPS) is 15.0. The van der Waals surface area contributed by atoms with E-state index in [9.17, 15) is 4.79 Å². The Kier molecular flexibility index (Phi) is 5.92. The quantitative estimate of drug-likeness (QED) is 0.692. The van der Waals surface area contributed by atoms with E-state index in [4.69, 9.17) is 9.72 Å². The number of nitrogens with zero attached hydrogens (tertiary/aromatic N) is 3. The van der Waals surface area contributed by atoms with Crippen LogP contribution < -0.4 is 5.32 Å². The lowest BCUT2D eigenvalue weighted by Gasteiger charge is -2.26. The Labute approximate surface area is 171 Å². The molecule has 0 atom stereocenters. The number of morpholine rings is 1. The number of hydrogen-bond donors (Lipinski definition) is 1. The first-order valence-corrected chi connectivity index (χ1v) is 10.3. The molecule has 0 saturated carbocycles. The molecule has 1 fully saturated rings. The Hall–Kier alpha value is -2.70. The lowest BCUT2D eigenvalue weighted by molar-refractivity contribution is 0.0326. The first-order valence-electron chi connectivity index (χ1n) is 10.3. The maximum absolute atomic E-state index is 12.5. The second-order valence-electron chi connectivity index (χ2n) is 7.59. The maximum Gasteiger partial charge on any atom is 0.255 e.